The number of rotatable bonds is 9. The zero-order chi connectivity index (χ0) is 25.5. The van der Waals surface area contributed by atoms with Crippen LogP contribution in [0.1, 0.15) is 57.9 Å². The van der Waals surface area contributed by atoms with Gasteiger partial charge in [0.2, 0.25) is 0 Å². The van der Waals surface area contributed by atoms with Crippen molar-refractivity contribution in [3.8, 4) is 0 Å². The van der Waals surface area contributed by atoms with Crippen LogP contribution in [0, 0.1) is 11.6 Å². The van der Waals surface area contributed by atoms with Crippen LogP contribution < -0.4 is 10.2 Å². The fourth-order valence-electron chi connectivity index (χ4n) is 3.18. The van der Waals surface area contributed by atoms with E-state index in [0.29, 0.717) is 36.3 Å². The van der Waals surface area contributed by atoms with Gasteiger partial charge in [-0.2, -0.15) is 5.10 Å². The Morgan fingerprint density at radius 3 is 2.43 bits per heavy atom. The maximum absolute atomic E-state index is 13.5. The van der Waals surface area contributed by atoms with Crippen molar-refractivity contribution in [2.45, 2.75) is 26.7 Å². The lowest BCUT2D eigenvalue weighted by molar-refractivity contribution is 0.0526. The summed E-state index contributed by atoms with van der Waals surface area (Å²) in [6, 6.07) is 9.12. The number of ether oxygens (including phenoxy) is 1. The molecule has 0 atom stereocenters. The first-order valence-electron chi connectivity index (χ1n) is 10.9. The number of anilines is 2. The van der Waals surface area contributed by atoms with Crippen molar-refractivity contribution in [3.63, 3.8) is 0 Å². The minimum atomic E-state index is -1.22. The van der Waals surface area contributed by atoms with Gasteiger partial charge >= 0.3 is 5.97 Å². The van der Waals surface area contributed by atoms with Crippen molar-refractivity contribution in [1.82, 2.24) is 10.2 Å². The molecule has 0 radical (unpaired) electrons. The van der Waals surface area contributed by atoms with E-state index in [-0.39, 0.29) is 28.7 Å². The number of aromatic nitrogens is 2. The Kier molecular flexibility index (Phi) is 8.53. The molecular formula is C24H23ClF2N4O4. The van der Waals surface area contributed by atoms with Crippen molar-refractivity contribution in [3.05, 3.63) is 75.9 Å². The summed E-state index contributed by atoms with van der Waals surface area (Å²) in [4.78, 5) is 39.1. The first-order valence-corrected chi connectivity index (χ1v) is 11.2. The number of H-pyrrole nitrogens is 1. The quantitative estimate of drug-likeness (QED) is 0.307. The fraction of sp³-hybridized carbons (Fsp3) is 0.250. The third-order valence-electron chi connectivity index (χ3n) is 4.97. The van der Waals surface area contributed by atoms with Gasteiger partial charge in [-0.3, -0.25) is 14.7 Å². The van der Waals surface area contributed by atoms with Crippen molar-refractivity contribution in [2.75, 3.05) is 23.4 Å². The molecule has 0 bridgehead atoms. The molecule has 2 N–H and O–H groups in total. The number of aromatic amines is 1. The molecule has 2 aromatic carbocycles. The molecule has 0 saturated carbocycles. The van der Waals surface area contributed by atoms with Gasteiger partial charge in [0.25, 0.3) is 11.8 Å². The molecule has 0 aliphatic carbocycles. The van der Waals surface area contributed by atoms with E-state index in [1.807, 2.05) is 6.92 Å². The average molecular weight is 505 g/mol. The van der Waals surface area contributed by atoms with Crippen molar-refractivity contribution in [1.29, 1.82) is 0 Å². The highest BCUT2D eigenvalue weighted by atomic mass is 35.5. The van der Waals surface area contributed by atoms with Crippen LogP contribution >= 0.6 is 11.6 Å². The number of nitrogens with zero attached hydrogens (tertiary/aromatic N) is 2. The summed E-state index contributed by atoms with van der Waals surface area (Å²) >= 11 is 5.84. The van der Waals surface area contributed by atoms with Gasteiger partial charge in [-0.05, 0) is 49.7 Å². The average Bonchev–Trinajstić information content (AvgIpc) is 3.30. The summed E-state index contributed by atoms with van der Waals surface area (Å²) in [5.74, 6) is -4.05. The van der Waals surface area contributed by atoms with Gasteiger partial charge in [0, 0.05) is 18.3 Å². The van der Waals surface area contributed by atoms with Crippen LogP contribution in [0.5, 0.6) is 0 Å². The second-order valence-electron chi connectivity index (χ2n) is 7.44. The Morgan fingerprint density at radius 2 is 1.77 bits per heavy atom. The molecule has 0 aliphatic heterocycles. The normalized spacial score (nSPS) is 10.7. The maximum Gasteiger partial charge on any atom is 0.338 e. The van der Waals surface area contributed by atoms with Crippen LogP contribution in [0.3, 0.4) is 0 Å². The van der Waals surface area contributed by atoms with Gasteiger partial charge in [-0.25, -0.2) is 13.6 Å². The second-order valence-corrected chi connectivity index (χ2v) is 7.85. The number of amides is 2. The molecule has 0 unspecified atom stereocenters. The predicted molar refractivity (Wildman–Crippen MR) is 127 cm³/mol. The molecule has 35 heavy (non-hydrogen) atoms. The smallest absolute Gasteiger partial charge is 0.338 e. The van der Waals surface area contributed by atoms with E-state index in [1.165, 1.54) is 11.0 Å². The number of carbonyl (C=O) groups is 3. The number of esters is 1. The van der Waals surface area contributed by atoms with E-state index < -0.39 is 29.4 Å². The Balaban J connectivity index is 1.78. The number of hydrogen-bond acceptors (Lipinski definition) is 5. The predicted octanol–water partition coefficient (Wildman–Crippen LogP) is 5.22. The van der Waals surface area contributed by atoms with E-state index in [4.69, 9.17) is 16.3 Å². The molecule has 0 saturated heterocycles. The van der Waals surface area contributed by atoms with Crippen LogP contribution in [0.25, 0.3) is 0 Å². The molecule has 11 heteroatoms. The maximum atomic E-state index is 13.5. The minimum Gasteiger partial charge on any atom is -0.462 e. The van der Waals surface area contributed by atoms with Gasteiger partial charge in [-0.1, -0.05) is 24.9 Å². The Hall–Kier alpha value is -3.79. The molecule has 8 nitrogen and oxygen atoms in total. The largest absolute Gasteiger partial charge is 0.462 e. The third kappa shape index (κ3) is 6.21. The number of halogens is 3. The number of nitrogens with one attached hydrogen (secondary N) is 2. The standard InChI is InChI=1S/C24H23ClF2N4O4/c1-3-5-10-31(15-8-6-14(7-9-15)24(34)35-4-2)23(33)20-13-21(30-29-20)28-22(32)16-11-18(26)19(27)12-17(16)25/h6-9,11-13H,3-5,10H2,1-2H3,(H2,28,29,30,32). The minimum absolute atomic E-state index is 0.0160. The first kappa shape index (κ1) is 25.8. The van der Waals surface area contributed by atoms with Crippen molar-refractivity contribution >= 4 is 40.9 Å². The molecule has 184 valence electrons. The van der Waals surface area contributed by atoms with E-state index in [0.717, 1.165) is 6.42 Å². The van der Waals surface area contributed by atoms with Crippen molar-refractivity contribution in [2.24, 2.45) is 0 Å². The van der Waals surface area contributed by atoms with E-state index in [2.05, 4.69) is 15.5 Å². The highest BCUT2D eigenvalue weighted by molar-refractivity contribution is 6.34. The van der Waals surface area contributed by atoms with Gasteiger partial charge in [0.05, 0.1) is 22.8 Å². The Morgan fingerprint density at radius 1 is 1.09 bits per heavy atom. The van der Waals surface area contributed by atoms with E-state index >= 15 is 0 Å². The van der Waals surface area contributed by atoms with Gasteiger partial charge in [0.1, 0.15) is 5.82 Å². The highest BCUT2D eigenvalue weighted by Gasteiger charge is 2.22. The van der Waals surface area contributed by atoms with Crippen LogP contribution in [0.15, 0.2) is 42.5 Å². The Bertz CT molecular complexity index is 1230. The van der Waals surface area contributed by atoms with Crippen LogP contribution in [-0.2, 0) is 4.74 Å². The summed E-state index contributed by atoms with van der Waals surface area (Å²) in [5, 5.41) is 8.65. The lowest BCUT2D eigenvalue weighted by Gasteiger charge is -2.22. The summed E-state index contributed by atoms with van der Waals surface area (Å²) in [6.07, 6.45) is 1.55. The SMILES string of the molecule is CCCCN(C(=O)c1cc(NC(=O)c2cc(F)c(F)cc2Cl)[nH]n1)c1ccc(C(=O)OCC)cc1. The van der Waals surface area contributed by atoms with Crippen molar-refractivity contribution < 1.29 is 27.9 Å². The van der Waals surface area contributed by atoms with E-state index in [9.17, 15) is 23.2 Å². The van der Waals surface area contributed by atoms with Crippen LogP contribution in [-0.4, -0.2) is 41.1 Å². The van der Waals surface area contributed by atoms with Gasteiger partial charge in [-0.15, -0.1) is 0 Å². The number of benzene rings is 2. The zero-order valence-corrected chi connectivity index (χ0v) is 19.8. The molecule has 2 amide bonds. The molecule has 0 spiro atoms. The van der Waals surface area contributed by atoms with Gasteiger partial charge < -0.3 is 15.0 Å². The molecule has 1 heterocycles. The molecule has 3 aromatic rings. The topological polar surface area (TPSA) is 104 Å². The molecule has 0 fully saturated rings. The van der Waals surface area contributed by atoms with Crippen LogP contribution in [0.4, 0.5) is 20.3 Å². The summed E-state index contributed by atoms with van der Waals surface area (Å²) in [6.45, 7) is 4.35. The van der Waals surface area contributed by atoms with Gasteiger partial charge in [0.15, 0.2) is 17.3 Å². The molecule has 0 aliphatic rings. The molecular weight excluding hydrogens is 482 g/mol. The molecule has 3 rings (SSSR count). The third-order valence-corrected chi connectivity index (χ3v) is 5.28. The van der Waals surface area contributed by atoms with Crippen LogP contribution in [0.2, 0.25) is 5.02 Å². The number of unbranched alkanes of at least 4 members (excludes halogenated alkanes) is 1. The lowest BCUT2D eigenvalue weighted by atomic mass is 10.1. The number of hydrogen-bond donors (Lipinski definition) is 2. The lowest BCUT2D eigenvalue weighted by Crippen LogP contribution is -2.32. The van der Waals surface area contributed by atoms with E-state index in [1.54, 1.807) is 31.2 Å². The molecule has 1 aromatic heterocycles. The fourth-order valence-corrected chi connectivity index (χ4v) is 3.41. The highest BCUT2D eigenvalue weighted by Crippen LogP contribution is 2.23. The monoisotopic (exact) mass is 504 g/mol. The summed E-state index contributed by atoms with van der Waals surface area (Å²) in [5.41, 5.74) is 0.652. The number of carbonyl (C=O) groups excluding carboxylic acids is 3. The summed E-state index contributed by atoms with van der Waals surface area (Å²) < 4.78 is 31.8. The Labute approximate surface area is 205 Å². The first-order chi connectivity index (χ1) is 16.7. The zero-order valence-electron chi connectivity index (χ0n) is 19.0. The summed E-state index contributed by atoms with van der Waals surface area (Å²) in [7, 11) is 0. The second kappa shape index (κ2) is 11.6.